The number of esters is 4. The van der Waals surface area contributed by atoms with Crippen LogP contribution >= 0.6 is 15.6 Å². The van der Waals surface area contributed by atoms with Crippen molar-refractivity contribution < 1.29 is 80.2 Å². The highest BCUT2D eigenvalue weighted by molar-refractivity contribution is 7.47. The largest absolute Gasteiger partial charge is 0.472 e. The van der Waals surface area contributed by atoms with Crippen molar-refractivity contribution in [2.24, 2.45) is 23.7 Å². The SMILES string of the molecule is CCC(C)CCCCCCCCCCCCCCCCC(=O)OC[C@H](COP(=O)(O)OC[C@@H](O)COP(=O)(O)OC[C@@H](COC(=O)CCCCCCCCC(C)CC)OC(=O)CCCCCCCCCCCCCCCCCCC(C)C)OC(=O)CCCCCCCCCCC(C)C. The molecule has 0 aliphatic heterocycles. The molecule has 4 unspecified atom stereocenters. The van der Waals surface area contributed by atoms with Gasteiger partial charge in [0.15, 0.2) is 12.2 Å². The number of aliphatic hydroxyl groups is 1. The van der Waals surface area contributed by atoms with E-state index in [9.17, 15) is 43.2 Å². The molecule has 17 nitrogen and oxygen atoms in total. The fraction of sp³-hybridized carbons (Fsp3) is 0.949. The van der Waals surface area contributed by atoms with Crippen LogP contribution in [0.4, 0.5) is 0 Å². The van der Waals surface area contributed by atoms with E-state index in [-0.39, 0.29) is 25.7 Å². The maximum Gasteiger partial charge on any atom is 0.472 e. The zero-order chi connectivity index (χ0) is 72.4. The number of unbranched alkanes of at least 4 members (excludes halogenated alkanes) is 40. The molecular weight excluding hydrogens is 1280 g/mol. The van der Waals surface area contributed by atoms with Gasteiger partial charge >= 0.3 is 39.5 Å². The third-order valence-corrected chi connectivity index (χ3v) is 20.9. The lowest BCUT2D eigenvalue weighted by atomic mass is 9.99. The number of phosphoric acid groups is 2. The van der Waals surface area contributed by atoms with E-state index < -0.39 is 97.5 Å². The summed E-state index contributed by atoms with van der Waals surface area (Å²) >= 11 is 0. The molecule has 7 atom stereocenters. The third kappa shape index (κ3) is 69.8. The molecule has 0 aromatic heterocycles. The normalized spacial score (nSPS) is 14.6. The molecule has 0 fully saturated rings. The first-order valence-corrected chi connectivity index (χ1v) is 43.8. The Balaban J connectivity index is 5.19. The minimum atomic E-state index is -4.96. The molecule has 0 radical (unpaired) electrons. The Morgan fingerprint density at radius 3 is 0.724 bits per heavy atom. The van der Waals surface area contributed by atoms with Gasteiger partial charge in [-0.15, -0.1) is 0 Å². The van der Waals surface area contributed by atoms with Gasteiger partial charge in [-0.2, -0.15) is 0 Å². The van der Waals surface area contributed by atoms with Gasteiger partial charge in [0.05, 0.1) is 26.4 Å². The topological polar surface area (TPSA) is 237 Å². The van der Waals surface area contributed by atoms with E-state index in [4.69, 9.17) is 37.0 Å². The smallest absolute Gasteiger partial charge is 0.462 e. The first-order valence-electron chi connectivity index (χ1n) is 40.8. The van der Waals surface area contributed by atoms with E-state index in [1.807, 2.05) is 0 Å². The number of hydrogen-bond acceptors (Lipinski definition) is 15. The van der Waals surface area contributed by atoms with Crippen LogP contribution in [0.3, 0.4) is 0 Å². The highest BCUT2D eigenvalue weighted by atomic mass is 31.2. The molecule has 0 aromatic rings. The van der Waals surface area contributed by atoms with E-state index in [1.165, 1.54) is 199 Å². The Kier molecular flexibility index (Phi) is 66.8. The third-order valence-electron chi connectivity index (χ3n) is 19.0. The number of aliphatic hydroxyl groups excluding tert-OH is 1. The molecule has 0 bridgehead atoms. The standard InChI is InChI=1S/C79H154O17P2/c1-9-71(7)57-49-41-33-26-22-18-15-16-19-23-27-34-43-51-59-76(81)89-65-74(96-79(84)62-54-46-36-30-29-32-40-48-56-70(5)6)67-93-97(85,86)91-63-73(80)64-92-98(87,88)94-68-75(66-90-77(82)60-52-44-38-37-42-50-58-72(8)10-2)95-78(83)61-53-45-35-28-24-20-14-12-11-13-17-21-25-31-39-47-55-69(3)4/h69-75,80H,9-68H2,1-8H3,(H,85,86)(H,87,88)/t71?,72?,73-,74-,75-/m1/s1. The van der Waals surface area contributed by atoms with Gasteiger partial charge in [-0.25, -0.2) is 9.13 Å². The molecule has 0 heterocycles. The summed E-state index contributed by atoms with van der Waals surface area (Å²) in [7, 11) is -9.92. The van der Waals surface area contributed by atoms with E-state index in [2.05, 4.69) is 55.4 Å². The van der Waals surface area contributed by atoms with Crippen molar-refractivity contribution in [1.82, 2.24) is 0 Å². The van der Waals surface area contributed by atoms with Crippen molar-refractivity contribution in [1.29, 1.82) is 0 Å². The van der Waals surface area contributed by atoms with Gasteiger partial charge in [0, 0.05) is 25.7 Å². The van der Waals surface area contributed by atoms with Crippen LogP contribution in [-0.4, -0.2) is 96.7 Å². The molecule has 0 saturated carbocycles. The van der Waals surface area contributed by atoms with Gasteiger partial charge < -0.3 is 33.8 Å². The van der Waals surface area contributed by atoms with Crippen LogP contribution in [0.25, 0.3) is 0 Å². The van der Waals surface area contributed by atoms with E-state index in [1.54, 1.807) is 0 Å². The van der Waals surface area contributed by atoms with Crippen LogP contribution in [0.15, 0.2) is 0 Å². The van der Waals surface area contributed by atoms with E-state index >= 15 is 0 Å². The molecule has 0 rings (SSSR count). The summed E-state index contributed by atoms with van der Waals surface area (Å²) in [6.07, 6.45) is 54.2. The molecule has 98 heavy (non-hydrogen) atoms. The minimum absolute atomic E-state index is 0.104. The quantitative estimate of drug-likeness (QED) is 0.0222. The van der Waals surface area contributed by atoms with Crippen molar-refractivity contribution in [3.8, 4) is 0 Å². The van der Waals surface area contributed by atoms with Gasteiger partial charge in [-0.05, 0) is 49.4 Å². The van der Waals surface area contributed by atoms with Crippen LogP contribution in [-0.2, 0) is 65.4 Å². The fourth-order valence-electron chi connectivity index (χ4n) is 12.0. The summed E-state index contributed by atoms with van der Waals surface area (Å²) in [6, 6.07) is 0. The lowest BCUT2D eigenvalue weighted by molar-refractivity contribution is -0.161. The highest BCUT2D eigenvalue weighted by Gasteiger charge is 2.30. The molecule has 0 aliphatic carbocycles. The number of carbonyl (C=O) groups is 4. The summed E-state index contributed by atoms with van der Waals surface area (Å²) in [5.74, 6) is 0.989. The van der Waals surface area contributed by atoms with Crippen molar-refractivity contribution in [2.75, 3.05) is 39.6 Å². The zero-order valence-corrected chi connectivity index (χ0v) is 66.2. The average Bonchev–Trinajstić information content (AvgIpc) is 1.12. The number of rotatable bonds is 76. The van der Waals surface area contributed by atoms with Crippen LogP contribution < -0.4 is 0 Å². The monoisotopic (exact) mass is 1440 g/mol. The molecule has 19 heteroatoms. The Morgan fingerprint density at radius 1 is 0.286 bits per heavy atom. The van der Waals surface area contributed by atoms with Gasteiger partial charge in [0.1, 0.15) is 19.3 Å². The Bertz CT molecular complexity index is 1920. The highest BCUT2D eigenvalue weighted by Crippen LogP contribution is 2.45. The number of hydrogen-bond donors (Lipinski definition) is 3. The van der Waals surface area contributed by atoms with Crippen molar-refractivity contribution >= 4 is 39.5 Å². The Hall–Kier alpha value is -1.94. The van der Waals surface area contributed by atoms with E-state index in [0.29, 0.717) is 25.7 Å². The second-order valence-electron chi connectivity index (χ2n) is 29.9. The van der Waals surface area contributed by atoms with Gasteiger partial charge in [0.25, 0.3) is 0 Å². The molecule has 3 N–H and O–H groups in total. The first kappa shape index (κ1) is 96.1. The average molecular weight is 1440 g/mol. The van der Waals surface area contributed by atoms with Crippen LogP contribution in [0, 0.1) is 23.7 Å². The lowest BCUT2D eigenvalue weighted by Crippen LogP contribution is -2.30. The van der Waals surface area contributed by atoms with E-state index in [0.717, 1.165) is 120 Å². The maximum absolute atomic E-state index is 13.1. The van der Waals surface area contributed by atoms with Gasteiger partial charge in [-0.1, -0.05) is 351 Å². The predicted octanol–water partition coefficient (Wildman–Crippen LogP) is 23.2. The van der Waals surface area contributed by atoms with Gasteiger partial charge in [0.2, 0.25) is 0 Å². The lowest BCUT2D eigenvalue weighted by Gasteiger charge is -2.21. The molecule has 0 aromatic carbocycles. The predicted molar refractivity (Wildman–Crippen MR) is 400 cm³/mol. The number of ether oxygens (including phenoxy) is 4. The van der Waals surface area contributed by atoms with Gasteiger partial charge in [-0.3, -0.25) is 37.3 Å². The van der Waals surface area contributed by atoms with Crippen LogP contribution in [0.5, 0.6) is 0 Å². The fourth-order valence-corrected chi connectivity index (χ4v) is 13.6. The summed E-state index contributed by atoms with van der Waals surface area (Å²) in [6.45, 7) is 14.2. The number of carbonyl (C=O) groups excluding carboxylic acids is 4. The molecule has 0 saturated heterocycles. The first-order chi connectivity index (χ1) is 47.2. The molecule has 0 aliphatic rings. The summed E-state index contributed by atoms with van der Waals surface area (Å²) in [5.41, 5.74) is 0. The molecular formula is C79H154O17P2. The minimum Gasteiger partial charge on any atom is -0.462 e. The Labute approximate surface area is 600 Å². The number of phosphoric ester groups is 2. The second kappa shape index (κ2) is 68.2. The molecule has 582 valence electrons. The van der Waals surface area contributed by atoms with Crippen LogP contribution in [0.2, 0.25) is 0 Å². The van der Waals surface area contributed by atoms with Crippen LogP contribution in [0.1, 0.15) is 402 Å². The molecule has 0 amide bonds. The summed E-state index contributed by atoms with van der Waals surface area (Å²) in [4.78, 5) is 72.9. The maximum atomic E-state index is 13.1. The van der Waals surface area contributed by atoms with Crippen molar-refractivity contribution in [3.05, 3.63) is 0 Å². The van der Waals surface area contributed by atoms with Crippen molar-refractivity contribution in [2.45, 2.75) is 420 Å². The molecule has 0 spiro atoms. The second-order valence-corrected chi connectivity index (χ2v) is 32.8. The van der Waals surface area contributed by atoms with Crippen molar-refractivity contribution in [3.63, 3.8) is 0 Å². The Morgan fingerprint density at radius 2 is 0.490 bits per heavy atom. The summed E-state index contributed by atoms with van der Waals surface area (Å²) < 4.78 is 68.6. The zero-order valence-electron chi connectivity index (χ0n) is 64.4. The summed E-state index contributed by atoms with van der Waals surface area (Å²) in [5, 5.41) is 10.6.